The molecule has 1 aromatic carbocycles. The van der Waals surface area contributed by atoms with Gasteiger partial charge in [0.25, 0.3) is 11.8 Å². The summed E-state index contributed by atoms with van der Waals surface area (Å²) in [5.41, 5.74) is 6.36. The lowest BCUT2D eigenvalue weighted by atomic mass is 10.1. The molecule has 2 aromatic rings. The fraction of sp³-hybridized carbons (Fsp3) is 0.222. The lowest BCUT2D eigenvalue weighted by molar-refractivity contribution is -0.148. The molecule has 140 valence electrons. The van der Waals surface area contributed by atoms with Crippen molar-refractivity contribution in [2.75, 3.05) is 12.0 Å². The number of thioether (sulfide) groups is 1. The number of amidine groups is 1. The molecule has 2 N–H and O–H groups in total. The molecule has 27 heavy (non-hydrogen) atoms. The van der Waals surface area contributed by atoms with E-state index in [4.69, 9.17) is 10.6 Å². The number of nitrogens with zero attached hydrogens (tertiary/aromatic N) is 2. The van der Waals surface area contributed by atoms with E-state index in [0.29, 0.717) is 10.6 Å². The zero-order chi connectivity index (χ0) is 19.4. The summed E-state index contributed by atoms with van der Waals surface area (Å²) >= 11 is 2.85. The molecule has 1 aliphatic heterocycles. The highest BCUT2D eigenvalue weighted by Crippen LogP contribution is 2.26. The lowest BCUT2D eigenvalue weighted by Crippen LogP contribution is -2.45. The van der Waals surface area contributed by atoms with Crippen LogP contribution in [0.2, 0.25) is 0 Å². The molecule has 2 amide bonds. The first-order valence-corrected chi connectivity index (χ1v) is 10.4. The van der Waals surface area contributed by atoms with Gasteiger partial charge in [-0.2, -0.15) is 11.8 Å². The maximum Gasteiger partial charge on any atom is 0.357 e. The zero-order valence-corrected chi connectivity index (χ0v) is 16.1. The van der Waals surface area contributed by atoms with Crippen LogP contribution in [0.3, 0.4) is 0 Å². The Labute approximate surface area is 164 Å². The van der Waals surface area contributed by atoms with Crippen LogP contribution in [-0.4, -0.2) is 46.6 Å². The fourth-order valence-electron chi connectivity index (χ4n) is 2.70. The molecule has 9 heteroatoms. The van der Waals surface area contributed by atoms with E-state index < -0.39 is 23.8 Å². The summed E-state index contributed by atoms with van der Waals surface area (Å²) in [5, 5.41) is 5.48. The van der Waals surface area contributed by atoms with E-state index in [1.54, 1.807) is 36.4 Å². The Morgan fingerprint density at radius 2 is 1.89 bits per heavy atom. The van der Waals surface area contributed by atoms with Gasteiger partial charge in [-0.15, -0.1) is 11.3 Å². The van der Waals surface area contributed by atoms with E-state index in [2.05, 4.69) is 5.16 Å². The lowest BCUT2D eigenvalue weighted by Gasteiger charge is -2.23. The third kappa shape index (κ3) is 3.88. The molecule has 7 nitrogen and oxygen atoms in total. The number of rotatable bonds is 7. The van der Waals surface area contributed by atoms with Crippen molar-refractivity contribution in [3.8, 4) is 0 Å². The highest BCUT2D eigenvalue weighted by atomic mass is 32.2. The number of oxime groups is 1. The third-order valence-corrected chi connectivity index (χ3v) is 5.55. The van der Waals surface area contributed by atoms with Gasteiger partial charge in [0.15, 0.2) is 5.84 Å². The van der Waals surface area contributed by atoms with Crippen LogP contribution in [0.4, 0.5) is 0 Å². The normalized spacial score (nSPS) is 15.0. The van der Waals surface area contributed by atoms with E-state index in [9.17, 15) is 14.4 Å². The smallest absolute Gasteiger partial charge is 0.357 e. The van der Waals surface area contributed by atoms with E-state index in [1.807, 2.05) is 11.6 Å². The van der Waals surface area contributed by atoms with Crippen molar-refractivity contribution in [3.05, 3.63) is 57.8 Å². The van der Waals surface area contributed by atoms with Gasteiger partial charge in [0, 0.05) is 0 Å². The molecule has 1 aromatic heterocycles. The number of imide groups is 1. The molecule has 0 saturated carbocycles. The highest BCUT2D eigenvalue weighted by molar-refractivity contribution is 7.98. The molecule has 0 bridgehead atoms. The van der Waals surface area contributed by atoms with E-state index in [-0.39, 0.29) is 23.4 Å². The van der Waals surface area contributed by atoms with Gasteiger partial charge in [-0.3, -0.25) is 14.5 Å². The molecule has 2 heterocycles. The number of amides is 2. The van der Waals surface area contributed by atoms with Crippen molar-refractivity contribution in [1.82, 2.24) is 4.90 Å². The molecular weight excluding hydrogens is 386 g/mol. The van der Waals surface area contributed by atoms with Crippen molar-refractivity contribution in [2.45, 2.75) is 12.5 Å². The third-order valence-electron chi connectivity index (χ3n) is 4.01. The van der Waals surface area contributed by atoms with Gasteiger partial charge in [0.05, 0.1) is 16.0 Å². The quantitative estimate of drug-likeness (QED) is 0.250. The Balaban J connectivity index is 1.82. The standard InChI is InChI=1S/C18H17N3O4S2/c1-26-10-8-13(18(24)25-20-15(19)14-7-4-9-27-14)21-16(22)11-5-2-3-6-12(11)17(21)23/h2-7,9,13H,8,10H2,1H3,(H2,19,20). The van der Waals surface area contributed by atoms with Crippen LogP contribution in [0.5, 0.6) is 0 Å². The van der Waals surface area contributed by atoms with Crippen LogP contribution in [0.15, 0.2) is 46.9 Å². The fourth-order valence-corrected chi connectivity index (χ4v) is 3.77. The average Bonchev–Trinajstić information content (AvgIpc) is 3.30. The first-order valence-electron chi connectivity index (χ1n) is 8.08. The Bertz CT molecular complexity index is 861. The summed E-state index contributed by atoms with van der Waals surface area (Å²) in [7, 11) is 0. The molecule has 0 spiro atoms. The molecule has 1 aliphatic rings. The predicted octanol–water partition coefficient (Wildman–Crippen LogP) is 2.33. The van der Waals surface area contributed by atoms with Crippen LogP contribution >= 0.6 is 23.1 Å². The van der Waals surface area contributed by atoms with E-state index in [0.717, 1.165) is 4.90 Å². The summed E-state index contributed by atoms with van der Waals surface area (Å²) in [4.78, 5) is 44.5. The summed E-state index contributed by atoms with van der Waals surface area (Å²) in [6.45, 7) is 0. The Morgan fingerprint density at radius 3 is 2.44 bits per heavy atom. The Hall–Kier alpha value is -2.65. The van der Waals surface area contributed by atoms with Crippen LogP contribution < -0.4 is 5.73 Å². The highest BCUT2D eigenvalue weighted by Gasteiger charge is 2.43. The van der Waals surface area contributed by atoms with Crippen molar-refractivity contribution < 1.29 is 19.2 Å². The van der Waals surface area contributed by atoms with Gasteiger partial charge in [-0.1, -0.05) is 23.4 Å². The molecule has 0 fully saturated rings. The summed E-state index contributed by atoms with van der Waals surface area (Å²) in [6, 6.07) is 8.96. The second kappa shape index (κ2) is 8.36. The number of benzene rings is 1. The molecule has 3 rings (SSSR count). The predicted molar refractivity (Wildman–Crippen MR) is 105 cm³/mol. The molecule has 1 atom stereocenters. The number of hydrogen-bond acceptors (Lipinski definition) is 7. The number of nitrogens with two attached hydrogens (primary N) is 1. The average molecular weight is 403 g/mol. The molecule has 1 unspecified atom stereocenters. The van der Waals surface area contributed by atoms with Gasteiger partial charge in [0.1, 0.15) is 6.04 Å². The van der Waals surface area contributed by atoms with Crippen molar-refractivity contribution in [2.24, 2.45) is 10.9 Å². The summed E-state index contributed by atoms with van der Waals surface area (Å²) in [6.07, 6.45) is 2.14. The monoisotopic (exact) mass is 403 g/mol. The first-order chi connectivity index (χ1) is 13.0. The second-order valence-electron chi connectivity index (χ2n) is 5.69. The van der Waals surface area contributed by atoms with Crippen LogP contribution in [-0.2, 0) is 9.63 Å². The summed E-state index contributed by atoms with van der Waals surface area (Å²) < 4.78 is 0. The van der Waals surface area contributed by atoms with Gasteiger partial charge in [-0.25, -0.2) is 4.79 Å². The largest absolute Gasteiger partial charge is 0.380 e. The molecule has 0 radical (unpaired) electrons. The maximum absolute atomic E-state index is 12.7. The Morgan fingerprint density at radius 1 is 1.22 bits per heavy atom. The van der Waals surface area contributed by atoms with Crippen LogP contribution in [0.25, 0.3) is 0 Å². The zero-order valence-electron chi connectivity index (χ0n) is 14.5. The second-order valence-corrected chi connectivity index (χ2v) is 7.62. The SMILES string of the molecule is CSCCC(C(=O)O/N=C(\N)c1cccs1)N1C(=O)c2ccccc2C1=O. The number of hydrogen-bond donors (Lipinski definition) is 1. The van der Waals surface area contributed by atoms with Gasteiger partial charge < -0.3 is 10.6 Å². The molecule has 0 saturated heterocycles. The number of fused-ring (bicyclic) bond motifs is 1. The number of thiophene rings is 1. The van der Waals surface area contributed by atoms with Crippen LogP contribution in [0.1, 0.15) is 32.0 Å². The van der Waals surface area contributed by atoms with E-state index >= 15 is 0 Å². The minimum absolute atomic E-state index is 0.0596. The minimum atomic E-state index is -1.07. The van der Waals surface area contributed by atoms with E-state index in [1.165, 1.54) is 23.1 Å². The Kier molecular flexibility index (Phi) is 5.92. The first kappa shape index (κ1) is 19.1. The molecule has 0 aliphatic carbocycles. The maximum atomic E-state index is 12.7. The number of carbonyl (C=O) groups excluding carboxylic acids is 3. The van der Waals surface area contributed by atoms with Gasteiger partial charge >= 0.3 is 5.97 Å². The topological polar surface area (TPSA) is 102 Å². The van der Waals surface area contributed by atoms with Crippen LogP contribution in [0, 0.1) is 0 Å². The molecular formula is C18H17N3O4S2. The summed E-state index contributed by atoms with van der Waals surface area (Å²) in [5.74, 6) is -1.18. The van der Waals surface area contributed by atoms with Gasteiger partial charge in [-0.05, 0) is 42.0 Å². The minimum Gasteiger partial charge on any atom is -0.380 e. The van der Waals surface area contributed by atoms with Crippen molar-refractivity contribution >= 4 is 46.7 Å². The number of carbonyl (C=O) groups is 3. The van der Waals surface area contributed by atoms with Crippen molar-refractivity contribution in [3.63, 3.8) is 0 Å². The van der Waals surface area contributed by atoms with Gasteiger partial charge in [0.2, 0.25) is 0 Å². The van der Waals surface area contributed by atoms with Crippen molar-refractivity contribution in [1.29, 1.82) is 0 Å².